The van der Waals surface area contributed by atoms with Gasteiger partial charge in [0.15, 0.2) is 0 Å². The first kappa shape index (κ1) is 11.5. The van der Waals surface area contributed by atoms with Gasteiger partial charge in [0, 0.05) is 45.8 Å². The van der Waals surface area contributed by atoms with Gasteiger partial charge in [-0.05, 0) is 0 Å². The van der Waals surface area contributed by atoms with Crippen molar-refractivity contribution in [3.05, 3.63) is 0 Å². The van der Waals surface area contributed by atoms with Crippen molar-refractivity contribution >= 4 is 0 Å². The van der Waals surface area contributed by atoms with Crippen molar-refractivity contribution in [2.45, 2.75) is 0 Å². The van der Waals surface area contributed by atoms with E-state index in [1.807, 2.05) is 0 Å². The third-order valence-corrected chi connectivity index (χ3v) is 0.610. The monoisotopic (exact) mass is 194 g/mol. The summed E-state index contributed by atoms with van der Waals surface area (Å²) >= 11 is 0. The van der Waals surface area contributed by atoms with E-state index in [-0.39, 0.29) is 32.8 Å². The molecule has 0 radical (unpaired) electrons. The normalized spacial score (nSPS) is 8.25. The molecule has 0 unspecified atom stereocenters. The fourth-order valence-electron chi connectivity index (χ4n) is 0.306. The molecule has 48 valence electrons. The minimum absolute atomic E-state index is 0. The molecule has 0 saturated heterocycles. The van der Waals surface area contributed by atoms with E-state index in [4.69, 9.17) is 10.8 Å². The van der Waals surface area contributed by atoms with Gasteiger partial charge in [-0.1, -0.05) is 0 Å². The zero-order chi connectivity index (χ0) is 5.54. The van der Waals surface area contributed by atoms with Gasteiger partial charge in [-0.3, -0.25) is 0 Å². The standard InChI is InChI=1S/C4H12N2O.Zr/c5-1-2-6-3-4-7;/h6-7H,1-5H2;. The summed E-state index contributed by atoms with van der Waals surface area (Å²) in [4.78, 5) is 0. The Balaban J connectivity index is 0. The molecule has 0 atom stereocenters. The van der Waals surface area contributed by atoms with Gasteiger partial charge >= 0.3 is 0 Å². The second-order valence-electron chi connectivity index (χ2n) is 1.26. The Hall–Kier alpha value is 0.763. The number of aliphatic hydroxyl groups is 1. The van der Waals surface area contributed by atoms with Crippen molar-refractivity contribution in [1.82, 2.24) is 5.32 Å². The molecule has 0 bridgehead atoms. The SMILES string of the molecule is NCCNCCO.[Zr]. The number of rotatable bonds is 4. The molecule has 8 heavy (non-hydrogen) atoms. The molecular weight excluding hydrogens is 183 g/mol. The summed E-state index contributed by atoms with van der Waals surface area (Å²) in [7, 11) is 0. The number of aliphatic hydroxyl groups excluding tert-OH is 1. The van der Waals surface area contributed by atoms with Crippen molar-refractivity contribution in [2.24, 2.45) is 5.73 Å². The predicted octanol–water partition coefficient (Wildman–Crippen LogP) is -1.48. The molecule has 0 rings (SSSR count). The maximum atomic E-state index is 8.19. The molecule has 0 aliphatic carbocycles. The second kappa shape index (κ2) is 10.7. The van der Waals surface area contributed by atoms with Crippen LogP contribution >= 0.6 is 0 Å². The van der Waals surface area contributed by atoms with Crippen LogP contribution in [0.2, 0.25) is 0 Å². The molecule has 0 aromatic rings. The van der Waals surface area contributed by atoms with Crippen LogP contribution in [0, 0.1) is 0 Å². The summed E-state index contributed by atoms with van der Waals surface area (Å²) < 4.78 is 0. The third-order valence-electron chi connectivity index (χ3n) is 0.610. The Labute approximate surface area is 68.8 Å². The van der Waals surface area contributed by atoms with E-state index in [2.05, 4.69) is 5.32 Å². The summed E-state index contributed by atoms with van der Waals surface area (Å²) in [5.41, 5.74) is 5.13. The molecule has 0 aromatic heterocycles. The van der Waals surface area contributed by atoms with Crippen molar-refractivity contribution in [2.75, 3.05) is 26.2 Å². The summed E-state index contributed by atoms with van der Waals surface area (Å²) in [5.74, 6) is 0. The quantitative estimate of drug-likeness (QED) is 0.480. The van der Waals surface area contributed by atoms with Crippen molar-refractivity contribution in [3.63, 3.8) is 0 Å². The molecule has 0 aliphatic heterocycles. The van der Waals surface area contributed by atoms with E-state index in [1.54, 1.807) is 0 Å². The molecule has 0 amide bonds. The molecule has 0 spiro atoms. The Morgan fingerprint density at radius 1 is 1.38 bits per heavy atom. The van der Waals surface area contributed by atoms with Crippen LogP contribution in [0.5, 0.6) is 0 Å². The molecule has 0 heterocycles. The van der Waals surface area contributed by atoms with E-state index in [1.165, 1.54) is 0 Å². The van der Waals surface area contributed by atoms with E-state index in [0.717, 1.165) is 6.54 Å². The van der Waals surface area contributed by atoms with Crippen LogP contribution < -0.4 is 11.1 Å². The third kappa shape index (κ3) is 9.90. The van der Waals surface area contributed by atoms with Gasteiger partial charge in [-0.25, -0.2) is 0 Å². The van der Waals surface area contributed by atoms with Crippen LogP contribution in [0.15, 0.2) is 0 Å². The van der Waals surface area contributed by atoms with Gasteiger partial charge < -0.3 is 16.2 Å². The molecule has 0 aromatic carbocycles. The first-order chi connectivity index (χ1) is 3.41. The van der Waals surface area contributed by atoms with E-state index < -0.39 is 0 Å². The summed E-state index contributed by atoms with van der Waals surface area (Å²) in [6.07, 6.45) is 0. The van der Waals surface area contributed by atoms with Gasteiger partial charge in [-0.2, -0.15) is 0 Å². The minimum atomic E-state index is 0. The van der Waals surface area contributed by atoms with Crippen LogP contribution in [0.3, 0.4) is 0 Å². The van der Waals surface area contributed by atoms with E-state index in [0.29, 0.717) is 13.1 Å². The number of hydrogen-bond acceptors (Lipinski definition) is 3. The van der Waals surface area contributed by atoms with Crippen LogP contribution in [-0.2, 0) is 26.2 Å². The summed E-state index contributed by atoms with van der Waals surface area (Å²) in [6.45, 7) is 2.28. The Bertz CT molecular complexity index is 33.2. The zero-order valence-electron chi connectivity index (χ0n) is 4.85. The average Bonchev–Trinajstić information content (AvgIpc) is 1.69. The van der Waals surface area contributed by atoms with Crippen molar-refractivity contribution in [3.8, 4) is 0 Å². The van der Waals surface area contributed by atoms with Crippen LogP contribution in [0.25, 0.3) is 0 Å². The summed E-state index contributed by atoms with van der Waals surface area (Å²) in [5, 5.41) is 11.1. The first-order valence-corrected chi connectivity index (χ1v) is 2.43. The average molecular weight is 195 g/mol. The fraction of sp³-hybridized carbons (Fsp3) is 1.00. The molecule has 0 aliphatic rings. The van der Waals surface area contributed by atoms with Gasteiger partial charge in [0.05, 0.1) is 6.61 Å². The van der Waals surface area contributed by atoms with Gasteiger partial charge in [-0.15, -0.1) is 0 Å². The number of hydrogen-bond donors (Lipinski definition) is 3. The molecule has 4 N–H and O–H groups in total. The van der Waals surface area contributed by atoms with E-state index >= 15 is 0 Å². The molecule has 0 fully saturated rings. The minimum Gasteiger partial charge on any atom is -0.395 e. The van der Waals surface area contributed by atoms with Crippen LogP contribution in [-0.4, -0.2) is 31.3 Å². The van der Waals surface area contributed by atoms with Crippen LogP contribution in [0.1, 0.15) is 0 Å². The van der Waals surface area contributed by atoms with E-state index in [9.17, 15) is 0 Å². The predicted molar refractivity (Wildman–Crippen MR) is 29.0 cm³/mol. The van der Waals surface area contributed by atoms with Crippen molar-refractivity contribution < 1.29 is 31.3 Å². The fourth-order valence-corrected chi connectivity index (χ4v) is 0.306. The first-order valence-electron chi connectivity index (χ1n) is 2.43. The van der Waals surface area contributed by atoms with Crippen LogP contribution in [0.4, 0.5) is 0 Å². The zero-order valence-corrected chi connectivity index (χ0v) is 7.31. The molecular formula is C4H12N2OZr. The van der Waals surface area contributed by atoms with Gasteiger partial charge in [0.25, 0.3) is 0 Å². The maximum absolute atomic E-state index is 8.19. The summed E-state index contributed by atoms with van der Waals surface area (Å²) in [6, 6.07) is 0. The molecule has 0 saturated carbocycles. The number of nitrogens with two attached hydrogens (primary N) is 1. The maximum Gasteiger partial charge on any atom is 0.0555 e. The van der Waals surface area contributed by atoms with Gasteiger partial charge in [0.1, 0.15) is 0 Å². The second-order valence-corrected chi connectivity index (χ2v) is 1.26. The van der Waals surface area contributed by atoms with Crippen molar-refractivity contribution in [1.29, 1.82) is 0 Å². The Kier molecular flexibility index (Phi) is 15.4. The smallest absolute Gasteiger partial charge is 0.0555 e. The van der Waals surface area contributed by atoms with Gasteiger partial charge in [0.2, 0.25) is 0 Å². The number of nitrogens with one attached hydrogen (secondary N) is 1. The topological polar surface area (TPSA) is 58.3 Å². The largest absolute Gasteiger partial charge is 0.395 e. The molecule has 3 nitrogen and oxygen atoms in total. The Morgan fingerprint density at radius 3 is 2.38 bits per heavy atom. The molecule has 4 heteroatoms. The Morgan fingerprint density at radius 2 is 2.00 bits per heavy atom.